The standard InChI is InChI=1S/C6H12.C2H2F2O2/c1-3-5-6-4-2;3-1(4)2(5)6/h5-6H,3-4H2,1-2H3;1H,(H,5,6)/b6-5-;. The Kier molecular flexibility index (Phi) is 11.5. The zero-order valence-electron chi connectivity index (χ0n) is 7.26. The highest BCUT2D eigenvalue weighted by Gasteiger charge is 2.10. The monoisotopic (exact) mass is 180 g/mol. The number of carboxylic acid groups (broad SMARTS) is 1. The van der Waals surface area contributed by atoms with E-state index in [0.29, 0.717) is 0 Å². The van der Waals surface area contributed by atoms with Crippen LogP contribution in [0.2, 0.25) is 0 Å². The zero-order valence-corrected chi connectivity index (χ0v) is 7.26. The van der Waals surface area contributed by atoms with Gasteiger partial charge in [0.2, 0.25) is 0 Å². The molecule has 12 heavy (non-hydrogen) atoms. The van der Waals surface area contributed by atoms with E-state index in [-0.39, 0.29) is 0 Å². The van der Waals surface area contributed by atoms with Crippen molar-refractivity contribution in [3.8, 4) is 0 Å². The van der Waals surface area contributed by atoms with Crippen molar-refractivity contribution in [2.24, 2.45) is 0 Å². The van der Waals surface area contributed by atoms with Crippen molar-refractivity contribution >= 4 is 5.97 Å². The van der Waals surface area contributed by atoms with Crippen molar-refractivity contribution < 1.29 is 18.7 Å². The van der Waals surface area contributed by atoms with Gasteiger partial charge >= 0.3 is 12.4 Å². The first-order valence-corrected chi connectivity index (χ1v) is 3.72. The number of halogens is 2. The molecule has 0 unspecified atom stereocenters. The molecule has 0 aliphatic carbocycles. The quantitative estimate of drug-likeness (QED) is 0.678. The molecule has 0 heterocycles. The predicted molar refractivity (Wildman–Crippen MR) is 43.4 cm³/mol. The first-order chi connectivity index (χ1) is 5.56. The van der Waals surface area contributed by atoms with Gasteiger partial charge in [0.05, 0.1) is 0 Å². The highest BCUT2D eigenvalue weighted by atomic mass is 19.3. The topological polar surface area (TPSA) is 37.3 Å². The van der Waals surface area contributed by atoms with Crippen molar-refractivity contribution in [2.45, 2.75) is 33.1 Å². The minimum atomic E-state index is -3.23. The van der Waals surface area contributed by atoms with Crippen LogP contribution in [0, 0.1) is 0 Å². The molecule has 0 aromatic heterocycles. The van der Waals surface area contributed by atoms with Gasteiger partial charge in [-0.3, -0.25) is 0 Å². The third-order valence-electron chi connectivity index (χ3n) is 0.825. The van der Waals surface area contributed by atoms with E-state index >= 15 is 0 Å². The Balaban J connectivity index is 0. The fourth-order valence-corrected chi connectivity index (χ4v) is 0.333. The summed E-state index contributed by atoms with van der Waals surface area (Å²) in [6, 6.07) is 0. The van der Waals surface area contributed by atoms with E-state index in [4.69, 9.17) is 9.90 Å². The van der Waals surface area contributed by atoms with Crippen LogP contribution in [0.4, 0.5) is 8.78 Å². The fraction of sp³-hybridized carbons (Fsp3) is 0.625. The predicted octanol–water partition coefficient (Wildman–Crippen LogP) is 2.70. The van der Waals surface area contributed by atoms with E-state index in [1.807, 2.05) is 0 Å². The molecule has 0 spiro atoms. The summed E-state index contributed by atoms with van der Waals surface area (Å²) in [4.78, 5) is 8.95. The molecule has 0 aromatic rings. The van der Waals surface area contributed by atoms with Crippen LogP contribution in [0.3, 0.4) is 0 Å². The SMILES string of the molecule is CC/C=C\CC.O=C(O)C(F)F. The largest absolute Gasteiger partial charge is 0.477 e. The maximum absolute atomic E-state index is 10.6. The lowest BCUT2D eigenvalue weighted by atomic mass is 10.4. The van der Waals surface area contributed by atoms with Gasteiger partial charge in [-0.1, -0.05) is 26.0 Å². The lowest BCUT2D eigenvalue weighted by molar-refractivity contribution is -0.149. The van der Waals surface area contributed by atoms with E-state index in [1.54, 1.807) is 0 Å². The molecule has 0 atom stereocenters. The molecule has 0 saturated carbocycles. The molecule has 0 saturated heterocycles. The normalized spacial score (nSPS) is 9.75. The second kappa shape index (κ2) is 10.1. The van der Waals surface area contributed by atoms with Gasteiger partial charge in [-0.05, 0) is 12.8 Å². The molecule has 72 valence electrons. The summed E-state index contributed by atoms with van der Waals surface area (Å²) in [6.07, 6.45) is 3.48. The fourth-order valence-electron chi connectivity index (χ4n) is 0.333. The summed E-state index contributed by atoms with van der Waals surface area (Å²) in [7, 11) is 0. The molecule has 2 nitrogen and oxygen atoms in total. The molecule has 0 bridgehead atoms. The summed E-state index contributed by atoms with van der Waals surface area (Å²) in [6.45, 7) is 4.29. The van der Waals surface area contributed by atoms with Crippen LogP contribution >= 0.6 is 0 Å². The van der Waals surface area contributed by atoms with Gasteiger partial charge in [0, 0.05) is 0 Å². The van der Waals surface area contributed by atoms with E-state index in [9.17, 15) is 8.78 Å². The molecule has 0 radical (unpaired) electrons. The third kappa shape index (κ3) is 16.0. The van der Waals surface area contributed by atoms with Gasteiger partial charge in [-0.15, -0.1) is 0 Å². The van der Waals surface area contributed by atoms with E-state index in [1.165, 1.54) is 12.8 Å². The van der Waals surface area contributed by atoms with Crippen LogP contribution in [-0.4, -0.2) is 17.5 Å². The Morgan fingerprint density at radius 1 is 1.33 bits per heavy atom. The third-order valence-corrected chi connectivity index (χ3v) is 0.825. The Labute approximate surface area is 70.9 Å². The first-order valence-electron chi connectivity index (χ1n) is 3.72. The number of carboxylic acids is 1. The van der Waals surface area contributed by atoms with Crippen LogP contribution in [0.25, 0.3) is 0 Å². The number of allylic oxidation sites excluding steroid dienone is 2. The Morgan fingerprint density at radius 3 is 1.67 bits per heavy atom. The highest BCUT2D eigenvalue weighted by Crippen LogP contribution is 1.87. The van der Waals surface area contributed by atoms with Crippen LogP contribution < -0.4 is 0 Å². The maximum atomic E-state index is 10.6. The van der Waals surface area contributed by atoms with Crippen molar-refractivity contribution in [1.82, 2.24) is 0 Å². The summed E-state index contributed by atoms with van der Waals surface area (Å²) in [5.74, 6) is -2.07. The first kappa shape index (κ1) is 13.6. The lowest BCUT2D eigenvalue weighted by Crippen LogP contribution is -2.06. The molecule has 4 heteroatoms. The molecule has 0 aromatic carbocycles. The molecular formula is C8H14F2O2. The second-order valence-corrected chi connectivity index (χ2v) is 1.93. The van der Waals surface area contributed by atoms with E-state index in [2.05, 4.69) is 26.0 Å². The van der Waals surface area contributed by atoms with E-state index in [0.717, 1.165) is 0 Å². The summed E-state index contributed by atoms with van der Waals surface area (Å²) < 4.78 is 21.1. The molecule has 0 amide bonds. The van der Waals surface area contributed by atoms with Crippen LogP contribution in [-0.2, 0) is 4.79 Å². The minimum absolute atomic E-state index is 1.17. The van der Waals surface area contributed by atoms with Gasteiger partial charge < -0.3 is 5.11 Å². The summed E-state index contributed by atoms with van der Waals surface area (Å²) in [5.41, 5.74) is 0. The number of hydrogen-bond donors (Lipinski definition) is 1. The van der Waals surface area contributed by atoms with Crippen molar-refractivity contribution in [3.63, 3.8) is 0 Å². The smallest absolute Gasteiger partial charge is 0.371 e. The number of aliphatic carboxylic acids is 1. The van der Waals surface area contributed by atoms with E-state index < -0.39 is 12.4 Å². The van der Waals surface area contributed by atoms with Crippen molar-refractivity contribution in [2.75, 3.05) is 0 Å². The second-order valence-electron chi connectivity index (χ2n) is 1.93. The highest BCUT2D eigenvalue weighted by molar-refractivity contribution is 5.70. The Morgan fingerprint density at radius 2 is 1.58 bits per heavy atom. The Hall–Kier alpha value is -0.930. The van der Waals surface area contributed by atoms with Crippen molar-refractivity contribution in [1.29, 1.82) is 0 Å². The Bertz CT molecular complexity index is 127. The van der Waals surface area contributed by atoms with Gasteiger partial charge in [0.15, 0.2) is 0 Å². The van der Waals surface area contributed by atoms with Gasteiger partial charge in [0.1, 0.15) is 0 Å². The average Bonchev–Trinajstić information content (AvgIpc) is 2.02. The van der Waals surface area contributed by atoms with Gasteiger partial charge in [-0.2, -0.15) is 8.78 Å². The summed E-state index contributed by atoms with van der Waals surface area (Å²) in [5, 5.41) is 7.24. The minimum Gasteiger partial charge on any atom is -0.477 e. The van der Waals surface area contributed by atoms with Gasteiger partial charge in [0.25, 0.3) is 0 Å². The van der Waals surface area contributed by atoms with Crippen molar-refractivity contribution in [3.05, 3.63) is 12.2 Å². The molecule has 0 fully saturated rings. The van der Waals surface area contributed by atoms with Crippen LogP contribution in [0.1, 0.15) is 26.7 Å². The average molecular weight is 180 g/mol. The summed E-state index contributed by atoms with van der Waals surface area (Å²) >= 11 is 0. The number of carbonyl (C=O) groups is 1. The molecule has 0 aliphatic heterocycles. The van der Waals surface area contributed by atoms with Crippen LogP contribution in [0.15, 0.2) is 12.2 Å². The lowest BCUT2D eigenvalue weighted by Gasteiger charge is -1.81. The maximum Gasteiger partial charge on any atom is 0.371 e. The number of hydrogen-bond acceptors (Lipinski definition) is 1. The van der Waals surface area contributed by atoms with Gasteiger partial charge in [-0.25, -0.2) is 4.79 Å². The molecule has 0 aliphatic rings. The number of rotatable bonds is 3. The zero-order chi connectivity index (χ0) is 9.98. The van der Waals surface area contributed by atoms with Crippen LogP contribution in [0.5, 0.6) is 0 Å². The molecule has 1 N–H and O–H groups in total. The molecule has 0 rings (SSSR count). The molecular weight excluding hydrogens is 166 g/mol. The number of alkyl halides is 2.